The maximum Gasteiger partial charge on any atom is 0.323 e. The minimum atomic E-state index is -0.800. The predicted octanol–water partition coefficient (Wildman–Crippen LogP) is 2.34. The number of rotatable bonds is 9. The van der Waals surface area contributed by atoms with Gasteiger partial charge in [0.25, 0.3) is 0 Å². The summed E-state index contributed by atoms with van der Waals surface area (Å²) in [7, 11) is 2.11. The van der Waals surface area contributed by atoms with Gasteiger partial charge in [0.1, 0.15) is 5.54 Å². The molecule has 0 aliphatic carbocycles. The van der Waals surface area contributed by atoms with E-state index in [0.717, 1.165) is 19.4 Å². The molecule has 4 nitrogen and oxygen atoms in total. The lowest BCUT2D eigenvalue weighted by molar-refractivity contribution is -0.144. The molecule has 0 aliphatic heterocycles. The summed E-state index contributed by atoms with van der Waals surface area (Å²) < 4.78 is 0. The van der Waals surface area contributed by atoms with Crippen LogP contribution in [0.15, 0.2) is 0 Å². The quantitative estimate of drug-likeness (QED) is 0.666. The molecule has 0 heterocycles. The molecule has 0 rings (SSSR count). The Morgan fingerprint density at radius 1 is 1.28 bits per heavy atom. The number of hydrogen-bond donors (Lipinski definition) is 2. The third kappa shape index (κ3) is 4.94. The summed E-state index contributed by atoms with van der Waals surface area (Å²) in [5.41, 5.74) is -0.621. The van der Waals surface area contributed by atoms with E-state index in [1.807, 2.05) is 6.92 Å². The first-order valence-corrected chi connectivity index (χ1v) is 6.89. The molecule has 2 N–H and O–H groups in total. The Hall–Kier alpha value is -0.610. The van der Waals surface area contributed by atoms with Crippen LogP contribution in [-0.4, -0.2) is 47.2 Å². The van der Waals surface area contributed by atoms with Crippen molar-refractivity contribution in [1.29, 1.82) is 0 Å². The number of likely N-dealkylation sites (N-methyl/N-ethyl adjacent to an activating group) is 1. The summed E-state index contributed by atoms with van der Waals surface area (Å²) in [5, 5.41) is 12.3. The van der Waals surface area contributed by atoms with Gasteiger partial charge in [-0.25, -0.2) is 0 Å². The molecule has 108 valence electrons. The summed E-state index contributed by atoms with van der Waals surface area (Å²) >= 11 is 0. The molecule has 0 aliphatic rings. The van der Waals surface area contributed by atoms with Crippen LogP contribution in [0, 0.1) is 0 Å². The van der Waals surface area contributed by atoms with Gasteiger partial charge in [0.15, 0.2) is 0 Å². The van der Waals surface area contributed by atoms with E-state index in [1.54, 1.807) is 6.92 Å². The van der Waals surface area contributed by atoms with E-state index in [4.69, 9.17) is 0 Å². The van der Waals surface area contributed by atoms with E-state index in [2.05, 4.69) is 38.0 Å². The fourth-order valence-corrected chi connectivity index (χ4v) is 1.90. The third-order valence-corrected chi connectivity index (χ3v) is 4.11. The van der Waals surface area contributed by atoms with Crippen molar-refractivity contribution in [2.75, 3.05) is 20.1 Å². The second-order valence-electron chi connectivity index (χ2n) is 5.86. The van der Waals surface area contributed by atoms with Crippen molar-refractivity contribution in [1.82, 2.24) is 10.2 Å². The van der Waals surface area contributed by atoms with Crippen LogP contribution in [-0.2, 0) is 4.79 Å². The number of nitrogens with one attached hydrogen (secondary N) is 1. The van der Waals surface area contributed by atoms with Crippen LogP contribution in [0.5, 0.6) is 0 Å². The summed E-state index contributed by atoms with van der Waals surface area (Å²) in [5.74, 6) is -0.762. The summed E-state index contributed by atoms with van der Waals surface area (Å²) in [6, 6.07) is 0. The van der Waals surface area contributed by atoms with E-state index >= 15 is 0 Å². The molecule has 0 fully saturated rings. The molecule has 0 aromatic carbocycles. The number of aliphatic carboxylic acids is 1. The lowest BCUT2D eigenvalue weighted by Gasteiger charge is -2.35. The normalized spacial score (nSPS) is 15.7. The zero-order valence-corrected chi connectivity index (χ0v) is 12.8. The largest absolute Gasteiger partial charge is 0.480 e. The standard InChI is InChI=1S/C14H30N2O2/c1-7-13(3,4)16(6)11-9-10-14(5,12(17)18)15-8-2/h15H,7-11H2,1-6H3,(H,17,18). The van der Waals surface area contributed by atoms with Crippen LogP contribution in [0.1, 0.15) is 53.9 Å². The van der Waals surface area contributed by atoms with Crippen LogP contribution in [0.4, 0.5) is 0 Å². The molecule has 0 bridgehead atoms. The van der Waals surface area contributed by atoms with Crippen molar-refractivity contribution in [2.45, 2.75) is 65.0 Å². The maximum absolute atomic E-state index is 11.3. The number of nitrogens with zero attached hydrogens (tertiary/aromatic N) is 1. The highest BCUT2D eigenvalue weighted by atomic mass is 16.4. The average molecular weight is 258 g/mol. The Balaban J connectivity index is 4.28. The van der Waals surface area contributed by atoms with Gasteiger partial charge in [-0.2, -0.15) is 0 Å². The van der Waals surface area contributed by atoms with E-state index in [0.29, 0.717) is 13.0 Å². The van der Waals surface area contributed by atoms with Gasteiger partial charge in [0.2, 0.25) is 0 Å². The van der Waals surface area contributed by atoms with Gasteiger partial charge < -0.3 is 15.3 Å². The van der Waals surface area contributed by atoms with Crippen LogP contribution >= 0.6 is 0 Å². The molecule has 0 spiro atoms. The van der Waals surface area contributed by atoms with Gasteiger partial charge in [-0.3, -0.25) is 4.79 Å². The Morgan fingerprint density at radius 3 is 2.22 bits per heavy atom. The first-order valence-electron chi connectivity index (χ1n) is 6.89. The van der Waals surface area contributed by atoms with E-state index in [1.165, 1.54) is 0 Å². The molecule has 4 heteroatoms. The zero-order valence-electron chi connectivity index (χ0n) is 12.8. The van der Waals surface area contributed by atoms with Crippen LogP contribution in [0.2, 0.25) is 0 Å². The molecule has 18 heavy (non-hydrogen) atoms. The predicted molar refractivity (Wildman–Crippen MR) is 76.0 cm³/mol. The molecule has 0 amide bonds. The van der Waals surface area contributed by atoms with E-state index in [-0.39, 0.29) is 5.54 Å². The molecule has 0 aromatic heterocycles. The van der Waals surface area contributed by atoms with Crippen LogP contribution in [0.25, 0.3) is 0 Å². The molecule has 1 atom stereocenters. The Kier molecular flexibility index (Phi) is 6.86. The van der Waals surface area contributed by atoms with E-state index in [9.17, 15) is 9.90 Å². The van der Waals surface area contributed by atoms with Crippen molar-refractivity contribution < 1.29 is 9.90 Å². The van der Waals surface area contributed by atoms with Crippen LogP contribution in [0.3, 0.4) is 0 Å². The molecule has 0 radical (unpaired) electrons. The summed E-state index contributed by atoms with van der Waals surface area (Å²) in [4.78, 5) is 13.6. The Bertz CT molecular complexity index is 267. The van der Waals surface area contributed by atoms with Gasteiger partial charge in [0.05, 0.1) is 0 Å². The summed E-state index contributed by atoms with van der Waals surface area (Å²) in [6.07, 6.45) is 2.63. The molecular formula is C14H30N2O2. The second kappa shape index (κ2) is 7.10. The Labute approximate surface area is 112 Å². The van der Waals surface area contributed by atoms with Crippen molar-refractivity contribution in [3.63, 3.8) is 0 Å². The lowest BCUT2D eigenvalue weighted by Crippen LogP contribution is -2.50. The smallest absolute Gasteiger partial charge is 0.323 e. The van der Waals surface area contributed by atoms with Crippen molar-refractivity contribution >= 4 is 5.97 Å². The topological polar surface area (TPSA) is 52.6 Å². The fraction of sp³-hybridized carbons (Fsp3) is 0.929. The maximum atomic E-state index is 11.3. The number of carboxylic acids is 1. The summed E-state index contributed by atoms with van der Waals surface area (Å²) in [6.45, 7) is 11.9. The van der Waals surface area contributed by atoms with E-state index < -0.39 is 11.5 Å². The first-order chi connectivity index (χ1) is 8.19. The number of carboxylic acid groups (broad SMARTS) is 1. The number of carbonyl (C=O) groups is 1. The van der Waals surface area contributed by atoms with Gasteiger partial charge >= 0.3 is 5.97 Å². The average Bonchev–Trinajstić information content (AvgIpc) is 2.28. The molecular weight excluding hydrogens is 228 g/mol. The third-order valence-electron chi connectivity index (χ3n) is 4.11. The molecule has 0 aromatic rings. The fourth-order valence-electron chi connectivity index (χ4n) is 1.90. The van der Waals surface area contributed by atoms with Crippen molar-refractivity contribution in [2.24, 2.45) is 0 Å². The lowest BCUT2D eigenvalue weighted by atomic mass is 9.94. The minimum Gasteiger partial charge on any atom is -0.480 e. The minimum absolute atomic E-state index is 0.178. The second-order valence-corrected chi connectivity index (χ2v) is 5.86. The van der Waals surface area contributed by atoms with Gasteiger partial charge in [0, 0.05) is 5.54 Å². The van der Waals surface area contributed by atoms with Gasteiger partial charge in [-0.15, -0.1) is 0 Å². The number of hydrogen-bond acceptors (Lipinski definition) is 3. The van der Waals surface area contributed by atoms with Gasteiger partial charge in [-0.05, 0) is 60.2 Å². The molecule has 0 saturated heterocycles. The highest BCUT2D eigenvalue weighted by molar-refractivity contribution is 5.78. The zero-order chi connectivity index (χ0) is 14.4. The van der Waals surface area contributed by atoms with Crippen LogP contribution < -0.4 is 5.32 Å². The van der Waals surface area contributed by atoms with Crippen molar-refractivity contribution in [3.8, 4) is 0 Å². The highest BCUT2D eigenvalue weighted by Gasteiger charge is 2.31. The SMILES string of the molecule is CCNC(C)(CCCN(C)C(C)(C)CC)C(=O)O. The van der Waals surface area contributed by atoms with Gasteiger partial charge in [-0.1, -0.05) is 13.8 Å². The highest BCUT2D eigenvalue weighted by Crippen LogP contribution is 2.19. The monoisotopic (exact) mass is 258 g/mol. The Morgan fingerprint density at radius 2 is 1.83 bits per heavy atom. The molecule has 0 saturated carbocycles. The molecule has 1 unspecified atom stereocenters. The first kappa shape index (κ1) is 17.4. The van der Waals surface area contributed by atoms with Crippen molar-refractivity contribution in [3.05, 3.63) is 0 Å².